The zero-order chi connectivity index (χ0) is 12.6. The largest absolute Gasteiger partial charge is 0.365 e. The van der Waals surface area contributed by atoms with Crippen LogP contribution in [0.5, 0.6) is 0 Å². The topological polar surface area (TPSA) is 38.3 Å². The summed E-state index contributed by atoms with van der Waals surface area (Å²) in [4.78, 5) is 12.5. The Bertz CT molecular complexity index is 323. The Morgan fingerprint density at radius 2 is 1.83 bits per heavy atom. The molecule has 3 rings (SSSR count). The first-order chi connectivity index (χ1) is 8.65. The fourth-order valence-corrected chi connectivity index (χ4v) is 3.72. The molecular formula is C15H25NO2. The first-order valence-corrected chi connectivity index (χ1v) is 7.61. The Balaban J connectivity index is 1.63. The van der Waals surface area contributed by atoms with Gasteiger partial charge in [0.15, 0.2) is 0 Å². The third kappa shape index (κ3) is 2.18. The van der Waals surface area contributed by atoms with Crippen LogP contribution in [0.4, 0.5) is 0 Å². The third-order valence-corrected chi connectivity index (χ3v) is 5.24. The number of carbonyl (C=O) groups excluding carboxylic acids is 1. The van der Waals surface area contributed by atoms with Crippen molar-refractivity contribution in [2.75, 3.05) is 6.61 Å². The van der Waals surface area contributed by atoms with Gasteiger partial charge in [0, 0.05) is 12.1 Å². The van der Waals surface area contributed by atoms with E-state index < -0.39 is 5.60 Å². The van der Waals surface area contributed by atoms with Crippen molar-refractivity contribution in [3.05, 3.63) is 0 Å². The van der Waals surface area contributed by atoms with Gasteiger partial charge in [-0.05, 0) is 57.8 Å². The lowest BCUT2D eigenvalue weighted by atomic mass is 9.91. The number of hydrogen-bond acceptors (Lipinski definition) is 2. The number of nitrogens with one attached hydrogen (secondary N) is 1. The van der Waals surface area contributed by atoms with E-state index in [1.54, 1.807) is 0 Å². The molecule has 0 bridgehead atoms. The van der Waals surface area contributed by atoms with Gasteiger partial charge in [0.1, 0.15) is 5.60 Å². The molecule has 1 atom stereocenters. The van der Waals surface area contributed by atoms with Crippen molar-refractivity contribution in [3.63, 3.8) is 0 Å². The van der Waals surface area contributed by atoms with Crippen LogP contribution >= 0.6 is 0 Å². The van der Waals surface area contributed by atoms with Crippen LogP contribution in [0.1, 0.15) is 64.7 Å². The molecule has 3 fully saturated rings. The minimum absolute atomic E-state index is 0.145. The normalized spacial score (nSPS) is 35.4. The molecule has 0 aromatic rings. The second-order valence-electron chi connectivity index (χ2n) is 6.63. The monoisotopic (exact) mass is 251 g/mol. The molecule has 1 heterocycles. The van der Waals surface area contributed by atoms with E-state index >= 15 is 0 Å². The highest BCUT2D eigenvalue weighted by Gasteiger charge is 2.52. The van der Waals surface area contributed by atoms with Crippen LogP contribution in [0.15, 0.2) is 0 Å². The number of hydrogen-bond donors (Lipinski definition) is 1. The molecule has 3 heteroatoms. The van der Waals surface area contributed by atoms with E-state index in [2.05, 4.69) is 5.32 Å². The van der Waals surface area contributed by atoms with E-state index in [1.165, 1.54) is 38.5 Å². The van der Waals surface area contributed by atoms with Gasteiger partial charge in [0.05, 0.1) is 0 Å². The van der Waals surface area contributed by atoms with Gasteiger partial charge in [-0.15, -0.1) is 0 Å². The minimum Gasteiger partial charge on any atom is -0.365 e. The van der Waals surface area contributed by atoms with Crippen molar-refractivity contribution in [1.82, 2.24) is 5.32 Å². The van der Waals surface area contributed by atoms with Gasteiger partial charge >= 0.3 is 0 Å². The summed E-state index contributed by atoms with van der Waals surface area (Å²) >= 11 is 0. The molecule has 2 aliphatic carbocycles. The molecule has 1 unspecified atom stereocenters. The molecule has 1 N–H and O–H groups in total. The second kappa shape index (κ2) is 4.52. The van der Waals surface area contributed by atoms with Crippen molar-refractivity contribution < 1.29 is 9.53 Å². The van der Waals surface area contributed by atoms with Crippen LogP contribution in [-0.4, -0.2) is 23.7 Å². The third-order valence-electron chi connectivity index (χ3n) is 5.24. The predicted octanol–water partition coefficient (Wildman–Crippen LogP) is 2.78. The van der Waals surface area contributed by atoms with E-state index in [0.717, 1.165) is 31.8 Å². The maximum absolute atomic E-state index is 12.5. The molecule has 0 radical (unpaired) electrons. The van der Waals surface area contributed by atoms with Crippen molar-refractivity contribution in [1.29, 1.82) is 0 Å². The fourth-order valence-electron chi connectivity index (χ4n) is 3.72. The van der Waals surface area contributed by atoms with E-state index in [0.29, 0.717) is 0 Å². The summed E-state index contributed by atoms with van der Waals surface area (Å²) in [6, 6.07) is 0. The van der Waals surface area contributed by atoms with Crippen molar-refractivity contribution >= 4 is 5.91 Å². The van der Waals surface area contributed by atoms with Gasteiger partial charge in [-0.2, -0.15) is 0 Å². The van der Waals surface area contributed by atoms with Gasteiger partial charge in [0.25, 0.3) is 5.91 Å². The Hall–Kier alpha value is -0.570. The fraction of sp³-hybridized carbons (Fsp3) is 0.933. The lowest BCUT2D eigenvalue weighted by Gasteiger charge is -2.35. The average molecular weight is 251 g/mol. The Kier molecular flexibility index (Phi) is 3.13. The maximum Gasteiger partial charge on any atom is 0.252 e. The lowest BCUT2D eigenvalue weighted by molar-refractivity contribution is -0.152. The highest BCUT2D eigenvalue weighted by atomic mass is 16.5. The van der Waals surface area contributed by atoms with Gasteiger partial charge in [-0.1, -0.05) is 12.8 Å². The van der Waals surface area contributed by atoms with Gasteiger partial charge in [-0.25, -0.2) is 0 Å². The van der Waals surface area contributed by atoms with E-state index in [1.807, 2.05) is 6.92 Å². The maximum atomic E-state index is 12.5. The zero-order valence-corrected chi connectivity index (χ0v) is 11.5. The van der Waals surface area contributed by atoms with Crippen molar-refractivity contribution in [2.45, 2.75) is 75.9 Å². The van der Waals surface area contributed by atoms with Gasteiger partial charge in [0.2, 0.25) is 0 Å². The molecule has 3 nitrogen and oxygen atoms in total. The van der Waals surface area contributed by atoms with Crippen LogP contribution in [0.3, 0.4) is 0 Å². The van der Waals surface area contributed by atoms with Crippen LogP contribution < -0.4 is 5.32 Å². The number of rotatable bonds is 3. The Morgan fingerprint density at radius 3 is 2.39 bits per heavy atom. The predicted molar refractivity (Wildman–Crippen MR) is 70.3 cm³/mol. The molecule has 102 valence electrons. The van der Waals surface area contributed by atoms with E-state index in [-0.39, 0.29) is 11.4 Å². The minimum atomic E-state index is -0.563. The smallest absolute Gasteiger partial charge is 0.252 e. The van der Waals surface area contributed by atoms with Gasteiger partial charge in [-0.3, -0.25) is 4.79 Å². The summed E-state index contributed by atoms with van der Waals surface area (Å²) in [5, 5.41) is 3.36. The summed E-state index contributed by atoms with van der Waals surface area (Å²) in [6.45, 7) is 2.70. The Morgan fingerprint density at radius 1 is 1.11 bits per heavy atom. The van der Waals surface area contributed by atoms with Crippen molar-refractivity contribution in [2.24, 2.45) is 5.92 Å². The van der Waals surface area contributed by atoms with Crippen molar-refractivity contribution in [3.8, 4) is 0 Å². The average Bonchev–Trinajstić information content (AvgIpc) is 2.93. The van der Waals surface area contributed by atoms with Crippen LogP contribution in [0.2, 0.25) is 0 Å². The molecule has 1 saturated heterocycles. The number of amides is 1. The van der Waals surface area contributed by atoms with Crippen LogP contribution in [0.25, 0.3) is 0 Å². The quantitative estimate of drug-likeness (QED) is 0.837. The van der Waals surface area contributed by atoms with Gasteiger partial charge < -0.3 is 10.1 Å². The van der Waals surface area contributed by atoms with E-state index in [4.69, 9.17) is 4.74 Å². The molecule has 3 aliphatic rings. The molecule has 0 aromatic carbocycles. The van der Waals surface area contributed by atoms with Crippen LogP contribution in [0, 0.1) is 5.92 Å². The molecule has 1 aliphatic heterocycles. The lowest BCUT2D eigenvalue weighted by Crippen LogP contribution is -2.54. The summed E-state index contributed by atoms with van der Waals surface area (Å²) in [7, 11) is 0. The summed E-state index contributed by atoms with van der Waals surface area (Å²) in [5.41, 5.74) is -0.413. The summed E-state index contributed by atoms with van der Waals surface area (Å²) < 4.78 is 5.75. The van der Waals surface area contributed by atoms with Crippen LogP contribution in [-0.2, 0) is 9.53 Å². The first kappa shape index (κ1) is 12.5. The summed E-state index contributed by atoms with van der Waals surface area (Å²) in [6.07, 6.45) is 10.7. The first-order valence-electron chi connectivity index (χ1n) is 7.61. The highest BCUT2D eigenvalue weighted by Crippen LogP contribution is 2.49. The second-order valence-corrected chi connectivity index (χ2v) is 6.63. The summed E-state index contributed by atoms with van der Waals surface area (Å²) in [5.74, 6) is 0.875. The highest BCUT2D eigenvalue weighted by molar-refractivity contribution is 5.86. The Labute approximate surface area is 110 Å². The molecule has 1 amide bonds. The molecule has 2 saturated carbocycles. The van der Waals surface area contributed by atoms with E-state index in [9.17, 15) is 4.79 Å². The zero-order valence-electron chi connectivity index (χ0n) is 11.5. The number of ether oxygens (including phenoxy) is 1. The molecule has 0 aromatic heterocycles. The standard InChI is InChI=1S/C15H25NO2/c1-14(8-4-5-11-18-14)13(17)16-15(9-10-15)12-6-2-3-7-12/h12H,2-11H2,1H3,(H,16,17). The number of carbonyl (C=O) groups is 1. The molecular weight excluding hydrogens is 226 g/mol. The molecule has 0 spiro atoms. The molecule has 18 heavy (non-hydrogen) atoms. The SMILES string of the molecule is CC1(C(=O)NC2(C3CCCC3)CC2)CCCCO1.